The first-order chi connectivity index (χ1) is 8.58. The minimum atomic E-state index is -0.639. The number of nitrogens with zero attached hydrogens (tertiary/aromatic N) is 1. The molecule has 1 aromatic rings. The van der Waals surface area contributed by atoms with Gasteiger partial charge in [-0.1, -0.05) is 19.8 Å². The van der Waals surface area contributed by atoms with Gasteiger partial charge in [-0.25, -0.2) is 4.39 Å². The molecule has 18 heavy (non-hydrogen) atoms. The first-order valence-corrected chi connectivity index (χ1v) is 5.84. The molecule has 0 bridgehead atoms. The summed E-state index contributed by atoms with van der Waals surface area (Å²) in [5.41, 5.74) is 5.93. The van der Waals surface area contributed by atoms with Gasteiger partial charge in [-0.3, -0.25) is 4.79 Å². The lowest BCUT2D eigenvalue weighted by atomic mass is 10.1. The number of carbonyl (C=O) groups is 1. The summed E-state index contributed by atoms with van der Waals surface area (Å²) in [6.07, 6.45) is 2.37. The molecule has 0 aliphatic heterocycles. The van der Waals surface area contributed by atoms with E-state index in [1.807, 2.05) is 13.0 Å². The summed E-state index contributed by atoms with van der Waals surface area (Å²) in [7, 11) is 0. The number of unbranched alkanes of at least 4 members (excludes halogenated alkanes) is 1. The van der Waals surface area contributed by atoms with Gasteiger partial charge in [0.1, 0.15) is 5.82 Å². The number of nitrogens with one attached hydrogen (secondary N) is 1. The van der Waals surface area contributed by atoms with E-state index in [1.54, 1.807) is 0 Å². The zero-order chi connectivity index (χ0) is 13.5. The number of anilines is 1. The van der Waals surface area contributed by atoms with Crippen LogP contribution in [0.5, 0.6) is 0 Å². The van der Waals surface area contributed by atoms with Crippen LogP contribution >= 0.6 is 0 Å². The van der Waals surface area contributed by atoms with Crippen LogP contribution in [0, 0.1) is 17.1 Å². The molecule has 1 aromatic carbocycles. The van der Waals surface area contributed by atoms with Crippen molar-refractivity contribution in [2.45, 2.75) is 32.2 Å². The Kier molecular flexibility index (Phi) is 5.28. The normalized spacial score (nSPS) is 11.7. The third-order valence-corrected chi connectivity index (χ3v) is 2.56. The maximum atomic E-state index is 13.5. The molecular weight excluding hydrogens is 233 g/mol. The molecule has 0 aliphatic carbocycles. The highest BCUT2D eigenvalue weighted by Gasteiger charge is 2.14. The third kappa shape index (κ3) is 3.82. The van der Waals surface area contributed by atoms with Crippen LogP contribution in [0.3, 0.4) is 0 Å². The molecule has 0 saturated carbocycles. The molecule has 5 heteroatoms. The highest BCUT2D eigenvalue weighted by atomic mass is 19.1. The summed E-state index contributed by atoms with van der Waals surface area (Å²) in [4.78, 5) is 11.7. The van der Waals surface area contributed by atoms with E-state index in [4.69, 9.17) is 11.0 Å². The maximum Gasteiger partial charge on any atom is 0.241 e. The number of hydrogen-bond donors (Lipinski definition) is 2. The highest BCUT2D eigenvalue weighted by Crippen LogP contribution is 2.15. The Bertz CT molecular complexity index is 468. The minimum absolute atomic E-state index is 0.0472. The zero-order valence-electron chi connectivity index (χ0n) is 10.2. The quantitative estimate of drug-likeness (QED) is 0.839. The molecule has 3 N–H and O–H groups in total. The molecule has 96 valence electrons. The van der Waals surface area contributed by atoms with Gasteiger partial charge >= 0.3 is 0 Å². The molecule has 1 unspecified atom stereocenters. The van der Waals surface area contributed by atoms with Crippen molar-refractivity contribution < 1.29 is 9.18 Å². The second kappa shape index (κ2) is 6.72. The van der Waals surface area contributed by atoms with Crippen molar-refractivity contribution >= 4 is 11.6 Å². The van der Waals surface area contributed by atoms with Crippen molar-refractivity contribution in [3.05, 3.63) is 29.6 Å². The van der Waals surface area contributed by atoms with Gasteiger partial charge in [0.05, 0.1) is 23.4 Å². The lowest BCUT2D eigenvalue weighted by molar-refractivity contribution is -0.117. The second-order valence-corrected chi connectivity index (χ2v) is 4.04. The van der Waals surface area contributed by atoms with Gasteiger partial charge in [-0.15, -0.1) is 0 Å². The number of nitriles is 1. The highest BCUT2D eigenvalue weighted by molar-refractivity contribution is 5.94. The lowest BCUT2D eigenvalue weighted by Gasteiger charge is -2.12. The summed E-state index contributed by atoms with van der Waals surface area (Å²) in [6.45, 7) is 2.00. The molecular formula is C13H16FN3O. The van der Waals surface area contributed by atoms with Crippen LogP contribution in [0.2, 0.25) is 0 Å². The maximum absolute atomic E-state index is 13.5. The second-order valence-electron chi connectivity index (χ2n) is 4.04. The third-order valence-electron chi connectivity index (χ3n) is 2.56. The van der Waals surface area contributed by atoms with Crippen molar-refractivity contribution in [3.63, 3.8) is 0 Å². The lowest BCUT2D eigenvalue weighted by Crippen LogP contribution is -2.35. The van der Waals surface area contributed by atoms with Crippen LogP contribution in [0.4, 0.5) is 10.1 Å². The Balaban J connectivity index is 2.67. The van der Waals surface area contributed by atoms with E-state index in [1.165, 1.54) is 12.1 Å². The molecule has 1 amide bonds. The fourth-order valence-corrected chi connectivity index (χ4v) is 1.47. The Morgan fingerprint density at radius 1 is 1.61 bits per heavy atom. The van der Waals surface area contributed by atoms with E-state index in [-0.39, 0.29) is 11.3 Å². The smallest absolute Gasteiger partial charge is 0.241 e. The van der Waals surface area contributed by atoms with E-state index < -0.39 is 17.8 Å². The van der Waals surface area contributed by atoms with Crippen molar-refractivity contribution in [1.82, 2.24) is 0 Å². The number of amides is 1. The number of halogens is 1. The summed E-state index contributed by atoms with van der Waals surface area (Å²) in [5.74, 6) is -1.04. The van der Waals surface area contributed by atoms with E-state index in [0.717, 1.165) is 18.9 Å². The number of nitrogens with two attached hydrogens (primary N) is 1. The van der Waals surface area contributed by atoms with Crippen LogP contribution in [0.25, 0.3) is 0 Å². The summed E-state index contributed by atoms with van der Waals surface area (Å²) in [6, 6.07) is 5.06. The molecule has 0 aliphatic rings. The molecule has 1 rings (SSSR count). The number of carbonyl (C=O) groups excluding carboxylic acids is 1. The molecule has 0 radical (unpaired) electrons. The Morgan fingerprint density at radius 2 is 2.33 bits per heavy atom. The molecule has 0 saturated heterocycles. The van der Waals surface area contributed by atoms with Crippen LogP contribution in [0.1, 0.15) is 31.7 Å². The van der Waals surface area contributed by atoms with Gasteiger partial charge in [0, 0.05) is 0 Å². The Hall–Kier alpha value is -1.93. The van der Waals surface area contributed by atoms with E-state index >= 15 is 0 Å². The molecule has 0 aromatic heterocycles. The Morgan fingerprint density at radius 3 is 2.89 bits per heavy atom. The average Bonchev–Trinajstić information content (AvgIpc) is 2.38. The number of hydrogen-bond acceptors (Lipinski definition) is 3. The van der Waals surface area contributed by atoms with Crippen LogP contribution in [-0.4, -0.2) is 11.9 Å². The van der Waals surface area contributed by atoms with E-state index in [2.05, 4.69) is 5.32 Å². The van der Waals surface area contributed by atoms with Gasteiger partial charge in [0.25, 0.3) is 0 Å². The van der Waals surface area contributed by atoms with Crippen molar-refractivity contribution in [2.75, 3.05) is 5.32 Å². The van der Waals surface area contributed by atoms with Gasteiger partial charge in [0.15, 0.2) is 0 Å². The predicted molar refractivity (Wildman–Crippen MR) is 67.2 cm³/mol. The van der Waals surface area contributed by atoms with Crippen LogP contribution in [0.15, 0.2) is 18.2 Å². The molecule has 4 nitrogen and oxygen atoms in total. The van der Waals surface area contributed by atoms with Crippen LogP contribution in [-0.2, 0) is 4.79 Å². The zero-order valence-corrected chi connectivity index (χ0v) is 10.2. The first kappa shape index (κ1) is 14.1. The molecule has 0 spiro atoms. The van der Waals surface area contributed by atoms with E-state index in [0.29, 0.717) is 6.42 Å². The summed E-state index contributed by atoms with van der Waals surface area (Å²) < 4.78 is 13.5. The van der Waals surface area contributed by atoms with Gasteiger partial charge in [-0.05, 0) is 24.6 Å². The molecule has 0 heterocycles. The number of benzene rings is 1. The molecule has 0 fully saturated rings. The van der Waals surface area contributed by atoms with Gasteiger partial charge in [0.2, 0.25) is 5.91 Å². The topological polar surface area (TPSA) is 78.9 Å². The largest absolute Gasteiger partial charge is 0.322 e. The Labute approximate surface area is 106 Å². The fraction of sp³-hybridized carbons (Fsp3) is 0.385. The summed E-state index contributed by atoms with van der Waals surface area (Å²) in [5, 5.41) is 11.0. The SMILES string of the molecule is CCCCC(N)C(=O)Nc1ccc(C#N)cc1F. The van der Waals surface area contributed by atoms with Crippen molar-refractivity contribution in [3.8, 4) is 6.07 Å². The molecule has 1 atom stereocenters. The van der Waals surface area contributed by atoms with Gasteiger partial charge < -0.3 is 11.1 Å². The minimum Gasteiger partial charge on any atom is -0.322 e. The van der Waals surface area contributed by atoms with Gasteiger partial charge in [-0.2, -0.15) is 5.26 Å². The van der Waals surface area contributed by atoms with E-state index in [9.17, 15) is 9.18 Å². The van der Waals surface area contributed by atoms with Crippen LogP contribution < -0.4 is 11.1 Å². The monoisotopic (exact) mass is 249 g/mol. The number of rotatable bonds is 5. The average molecular weight is 249 g/mol. The summed E-state index contributed by atoms with van der Waals surface area (Å²) >= 11 is 0. The fourth-order valence-electron chi connectivity index (χ4n) is 1.47. The predicted octanol–water partition coefficient (Wildman–Crippen LogP) is 2.15. The first-order valence-electron chi connectivity index (χ1n) is 5.84. The van der Waals surface area contributed by atoms with Crippen molar-refractivity contribution in [1.29, 1.82) is 5.26 Å². The van der Waals surface area contributed by atoms with Crippen molar-refractivity contribution in [2.24, 2.45) is 5.73 Å². The standard InChI is InChI=1S/C13H16FN3O/c1-2-3-4-11(16)13(18)17-12-6-5-9(8-15)7-10(12)14/h5-7,11H,2-4,16H2,1H3,(H,17,18).